The van der Waals surface area contributed by atoms with Crippen molar-refractivity contribution in [2.45, 2.75) is 0 Å². The first kappa shape index (κ1) is 18.8. The van der Waals surface area contributed by atoms with E-state index in [1.54, 1.807) is 18.2 Å². The van der Waals surface area contributed by atoms with E-state index in [9.17, 15) is 4.79 Å². The second-order valence-corrected chi connectivity index (χ2v) is 6.07. The summed E-state index contributed by atoms with van der Waals surface area (Å²) < 4.78 is 10.1. The van der Waals surface area contributed by atoms with E-state index < -0.39 is 0 Å². The third-order valence-corrected chi connectivity index (χ3v) is 3.90. The zero-order valence-electron chi connectivity index (χ0n) is 15.5. The van der Waals surface area contributed by atoms with Crippen molar-refractivity contribution in [3.05, 3.63) is 24.4 Å². The van der Waals surface area contributed by atoms with Crippen LogP contribution in [0.25, 0.3) is 10.8 Å². The summed E-state index contributed by atoms with van der Waals surface area (Å²) >= 11 is 0. The van der Waals surface area contributed by atoms with Gasteiger partial charge in [-0.15, -0.1) is 0 Å². The molecule has 0 radical (unpaired) electrons. The van der Waals surface area contributed by atoms with E-state index in [2.05, 4.69) is 15.2 Å². The molecule has 25 heavy (non-hydrogen) atoms. The first-order chi connectivity index (χ1) is 12.0. The normalized spacial score (nSPS) is 10.8. The Hall–Kier alpha value is -2.54. The SMILES string of the molecule is COC(=O)CN(C)c1ncc(NCCN(C)C)c2cc(OC)ccc12. The highest BCUT2D eigenvalue weighted by atomic mass is 16.5. The van der Waals surface area contributed by atoms with Gasteiger partial charge in [0, 0.05) is 30.9 Å². The number of esters is 1. The molecular weight excluding hydrogens is 320 g/mol. The van der Waals surface area contributed by atoms with Gasteiger partial charge in [0.25, 0.3) is 0 Å². The highest BCUT2D eigenvalue weighted by molar-refractivity contribution is 6.01. The summed E-state index contributed by atoms with van der Waals surface area (Å²) in [4.78, 5) is 20.0. The van der Waals surface area contributed by atoms with Crippen LogP contribution in [0.1, 0.15) is 0 Å². The molecule has 0 fully saturated rings. The van der Waals surface area contributed by atoms with Gasteiger partial charge in [0.2, 0.25) is 0 Å². The van der Waals surface area contributed by atoms with Gasteiger partial charge in [-0.1, -0.05) is 0 Å². The predicted octanol–water partition coefficient (Wildman–Crippen LogP) is 1.83. The van der Waals surface area contributed by atoms with Crippen molar-refractivity contribution in [1.82, 2.24) is 9.88 Å². The molecule has 0 saturated carbocycles. The number of hydrogen-bond donors (Lipinski definition) is 1. The summed E-state index contributed by atoms with van der Waals surface area (Å²) in [6, 6.07) is 5.83. The van der Waals surface area contributed by atoms with Crippen molar-refractivity contribution in [2.24, 2.45) is 0 Å². The Morgan fingerprint density at radius 1 is 1.20 bits per heavy atom. The Morgan fingerprint density at radius 3 is 2.60 bits per heavy atom. The molecule has 7 heteroatoms. The topological polar surface area (TPSA) is 66.9 Å². The lowest BCUT2D eigenvalue weighted by molar-refractivity contribution is -0.138. The minimum absolute atomic E-state index is 0.137. The fraction of sp³-hybridized carbons (Fsp3) is 0.444. The van der Waals surface area contributed by atoms with Gasteiger partial charge in [-0.25, -0.2) is 4.98 Å². The summed E-state index contributed by atoms with van der Waals surface area (Å²) in [5, 5.41) is 5.36. The van der Waals surface area contributed by atoms with Crippen LogP contribution >= 0.6 is 0 Å². The van der Waals surface area contributed by atoms with Crippen molar-refractivity contribution < 1.29 is 14.3 Å². The number of nitrogens with zero attached hydrogens (tertiary/aromatic N) is 3. The summed E-state index contributed by atoms with van der Waals surface area (Å²) in [7, 11) is 8.91. The van der Waals surface area contributed by atoms with Gasteiger partial charge in [0.1, 0.15) is 18.1 Å². The van der Waals surface area contributed by atoms with Gasteiger partial charge in [0.05, 0.1) is 26.1 Å². The predicted molar refractivity (Wildman–Crippen MR) is 101 cm³/mol. The molecule has 1 heterocycles. The Labute approximate surface area is 148 Å². The summed E-state index contributed by atoms with van der Waals surface area (Å²) in [6.07, 6.45) is 1.79. The average Bonchev–Trinajstić information content (AvgIpc) is 2.60. The summed E-state index contributed by atoms with van der Waals surface area (Å²) in [6.45, 7) is 1.85. The first-order valence-corrected chi connectivity index (χ1v) is 8.09. The number of ether oxygens (including phenoxy) is 2. The fourth-order valence-corrected chi connectivity index (χ4v) is 2.53. The number of benzene rings is 1. The van der Waals surface area contributed by atoms with Crippen LogP contribution in [0.3, 0.4) is 0 Å². The number of aromatic nitrogens is 1. The quantitative estimate of drug-likeness (QED) is 0.731. The standard InChI is InChI=1S/C18H26N4O3/c1-21(2)9-8-19-16-11-20-18(22(3)12-17(23)25-5)14-7-6-13(24-4)10-15(14)16/h6-7,10-11,19H,8-9,12H2,1-5H3. The van der Waals surface area contributed by atoms with E-state index in [-0.39, 0.29) is 12.5 Å². The van der Waals surface area contributed by atoms with Crippen LogP contribution in [0.4, 0.5) is 11.5 Å². The molecule has 0 amide bonds. The molecule has 0 saturated heterocycles. The number of hydrogen-bond acceptors (Lipinski definition) is 7. The number of carbonyl (C=O) groups is 1. The van der Waals surface area contributed by atoms with Crippen molar-refractivity contribution >= 4 is 28.2 Å². The molecule has 136 valence electrons. The zero-order valence-corrected chi connectivity index (χ0v) is 15.5. The number of methoxy groups -OCH3 is 2. The first-order valence-electron chi connectivity index (χ1n) is 8.09. The lowest BCUT2D eigenvalue weighted by atomic mass is 10.1. The third-order valence-electron chi connectivity index (χ3n) is 3.90. The molecule has 0 aliphatic heterocycles. The molecular formula is C18H26N4O3. The average molecular weight is 346 g/mol. The molecule has 2 rings (SSSR count). The number of nitrogens with one attached hydrogen (secondary N) is 1. The number of carbonyl (C=O) groups excluding carboxylic acids is 1. The van der Waals surface area contributed by atoms with Crippen LogP contribution in [-0.2, 0) is 9.53 Å². The summed E-state index contributed by atoms with van der Waals surface area (Å²) in [5.41, 5.74) is 0.936. The van der Waals surface area contributed by atoms with Crippen LogP contribution in [0, 0.1) is 0 Å². The molecule has 7 nitrogen and oxygen atoms in total. The molecule has 0 unspecified atom stereocenters. The van der Waals surface area contributed by atoms with Gasteiger partial charge >= 0.3 is 5.97 Å². The van der Waals surface area contributed by atoms with E-state index in [0.29, 0.717) is 0 Å². The minimum atomic E-state index is -0.306. The van der Waals surface area contributed by atoms with E-state index in [1.165, 1.54) is 7.11 Å². The van der Waals surface area contributed by atoms with Crippen molar-refractivity contribution in [2.75, 3.05) is 65.2 Å². The number of likely N-dealkylation sites (N-methyl/N-ethyl adjacent to an activating group) is 2. The Kier molecular flexibility index (Phi) is 6.41. The molecule has 0 atom stereocenters. The number of rotatable bonds is 8. The van der Waals surface area contributed by atoms with E-state index in [0.717, 1.165) is 41.1 Å². The number of anilines is 2. The second kappa shape index (κ2) is 8.53. The second-order valence-electron chi connectivity index (χ2n) is 6.07. The molecule has 1 N–H and O–H groups in total. The fourth-order valence-electron chi connectivity index (χ4n) is 2.53. The number of pyridine rings is 1. The van der Waals surface area contributed by atoms with Gasteiger partial charge < -0.3 is 24.6 Å². The van der Waals surface area contributed by atoms with Crippen molar-refractivity contribution in [3.63, 3.8) is 0 Å². The van der Waals surface area contributed by atoms with E-state index in [1.807, 2.05) is 39.3 Å². The van der Waals surface area contributed by atoms with Gasteiger partial charge in [-0.3, -0.25) is 4.79 Å². The lowest BCUT2D eigenvalue weighted by Gasteiger charge is -2.21. The maximum Gasteiger partial charge on any atom is 0.325 e. The van der Waals surface area contributed by atoms with Crippen LogP contribution in [0.5, 0.6) is 5.75 Å². The largest absolute Gasteiger partial charge is 0.497 e. The Morgan fingerprint density at radius 2 is 1.96 bits per heavy atom. The highest BCUT2D eigenvalue weighted by Gasteiger charge is 2.14. The lowest BCUT2D eigenvalue weighted by Crippen LogP contribution is -2.27. The zero-order chi connectivity index (χ0) is 18.4. The third kappa shape index (κ3) is 4.73. The number of fused-ring (bicyclic) bond motifs is 1. The molecule has 1 aromatic heterocycles. The van der Waals surface area contributed by atoms with Crippen LogP contribution in [-0.4, -0.2) is 70.9 Å². The van der Waals surface area contributed by atoms with Crippen LogP contribution in [0.15, 0.2) is 24.4 Å². The van der Waals surface area contributed by atoms with Gasteiger partial charge in [-0.2, -0.15) is 0 Å². The monoisotopic (exact) mass is 346 g/mol. The van der Waals surface area contributed by atoms with Crippen molar-refractivity contribution in [3.8, 4) is 5.75 Å². The molecule has 1 aromatic carbocycles. The Bertz CT molecular complexity index is 734. The molecule has 2 aromatic rings. The highest BCUT2D eigenvalue weighted by Crippen LogP contribution is 2.32. The maximum atomic E-state index is 11.6. The van der Waals surface area contributed by atoms with Gasteiger partial charge in [0.15, 0.2) is 0 Å². The molecule has 0 bridgehead atoms. The van der Waals surface area contributed by atoms with Crippen LogP contribution < -0.4 is 15.0 Å². The van der Waals surface area contributed by atoms with E-state index in [4.69, 9.17) is 9.47 Å². The smallest absolute Gasteiger partial charge is 0.325 e. The van der Waals surface area contributed by atoms with Crippen LogP contribution in [0.2, 0.25) is 0 Å². The molecule has 0 aliphatic carbocycles. The maximum absolute atomic E-state index is 11.6. The van der Waals surface area contributed by atoms with Gasteiger partial charge in [-0.05, 0) is 32.3 Å². The van der Waals surface area contributed by atoms with E-state index >= 15 is 0 Å². The Balaban J connectivity index is 2.40. The molecule has 0 spiro atoms. The molecule has 0 aliphatic rings. The minimum Gasteiger partial charge on any atom is -0.497 e. The summed E-state index contributed by atoms with van der Waals surface area (Å²) in [5.74, 6) is 1.19. The van der Waals surface area contributed by atoms with Crippen molar-refractivity contribution in [1.29, 1.82) is 0 Å².